The quantitative estimate of drug-likeness (QED) is 0.647. The maximum absolute atomic E-state index is 10.9. The Morgan fingerprint density at radius 1 is 1.92 bits per heavy atom. The van der Waals surface area contributed by atoms with Crippen molar-refractivity contribution in [2.45, 2.75) is 19.5 Å². The Hall–Kier alpha value is -1.36. The summed E-state index contributed by atoms with van der Waals surface area (Å²) in [6.07, 6.45) is 1.45. The van der Waals surface area contributed by atoms with Gasteiger partial charge in [-0.05, 0) is 6.92 Å². The molecule has 0 saturated heterocycles. The highest BCUT2D eigenvalue weighted by atomic mass is 16.5. The minimum absolute atomic E-state index is 0.196. The first-order chi connectivity index (χ1) is 5.70. The molecular formula is C7H11N3O2. The highest BCUT2D eigenvalue weighted by Crippen LogP contribution is 1.92. The third-order valence-electron chi connectivity index (χ3n) is 1.35. The van der Waals surface area contributed by atoms with Gasteiger partial charge in [0.05, 0.1) is 12.6 Å². The van der Waals surface area contributed by atoms with Gasteiger partial charge in [0.2, 0.25) is 5.91 Å². The fourth-order valence-electron chi connectivity index (χ4n) is 0.667. The van der Waals surface area contributed by atoms with Gasteiger partial charge in [-0.2, -0.15) is 0 Å². The Morgan fingerprint density at radius 3 is 3.17 bits per heavy atom. The molecule has 0 radical (unpaired) electrons. The summed E-state index contributed by atoms with van der Waals surface area (Å²) in [7, 11) is 0. The first kappa shape index (κ1) is 8.73. The topological polar surface area (TPSA) is 81.2 Å². The SMILES string of the molecule is C[C@H](N)C(=O)NCc1ccon1. The molecule has 0 fully saturated rings. The second-order valence-corrected chi connectivity index (χ2v) is 2.50. The van der Waals surface area contributed by atoms with Crippen LogP contribution in [0.4, 0.5) is 0 Å². The minimum Gasteiger partial charge on any atom is -0.364 e. The number of hydrogen-bond donors (Lipinski definition) is 2. The van der Waals surface area contributed by atoms with Crippen LogP contribution in [0.25, 0.3) is 0 Å². The fourth-order valence-corrected chi connectivity index (χ4v) is 0.667. The minimum atomic E-state index is -0.489. The molecule has 0 aliphatic heterocycles. The first-order valence-electron chi connectivity index (χ1n) is 3.62. The van der Waals surface area contributed by atoms with Gasteiger partial charge in [0.15, 0.2) is 0 Å². The zero-order valence-electron chi connectivity index (χ0n) is 6.78. The van der Waals surface area contributed by atoms with Crippen molar-refractivity contribution in [2.75, 3.05) is 0 Å². The molecule has 3 N–H and O–H groups in total. The van der Waals surface area contributed by atoms with E-state index in [-0.39, 0.29) is 5.91 Å². The Morgan fingerprint density at radius 2 is 2.67 bits per heavy atom. The van der Waals surface area contributed by atoms with Crippen molar-refractivity contribution in [3.63, 3.8) is 0 Å². The summed E-state index contributed by atoms with van der Waals surface area (Å²) in [4.78, 5) is 10.9. The van der Waals surface area contributed by atoms with Gasteiger partial charge in [0.1, 0.15) is 12.0 Å². The number of rotatable bonds is 3. The third kappa shape index (κ3) is 2.35. The van der Waals surface area contributed by atoms with Crippen LogP contribution in [0.15, 0.2) is 16.9 Å². The van der Waals surface area contributed by atoms with Crippen LogP contribution in [0.5, 0.6) is 0 Å². The van der Waals surface area contributed by atoms with Gasteiger partial charge < -0.3 is 15.6 Å². The van der Waals surface area contributed by atoms with Crippen molar-refractivity contribution < 1.29 is 9.32 Å². The van der Waals surface area contributed by atoms with Crippen molar-refractivity contribution in [3.05, 3.63) is 18.0 Å². The number of hydrogen-bond acceptors (Lipinski definition) is 4. The molecule has 1 heterocycles. The molecular weight excluding hydrogens is 158 g/mol. The molecule has 0 spiro atoms. The van der Waals surface area contributed by atoms with Gasteiger partial charge in [-0.3, -0.25) is 4.79 Å². The zero-order valence-corrected chi connectivity index (χ0v) is 6.78. The number of aromatic nitrogens is 1. The van der Waals surface area contributed by atoms with Crippen molar-refractivity contribution in [3.8, 4) is 0 Å². The molecule has 1 atom stereocenters. The van der Waals surface area contributed by atoms with Crippen LogP contribution < -0.4 is 11.1 Å². The fraction of sp³-hybridized carbons (Fsp3) is 0.429. The molecule has 0 aromatic carbocycles. The highest BCUT2D eigenvalue weighted by molar-refractivity contribution is 5.80. The van der Waals surface area contributed by atoms with Gasteiger partial charge in [0, 0.05) is 6.07 Å². The Balaban J connectivity index is 2.32. The van der Waals surface area contributed by atoms with Crippen LogP contribution in [-0.2, 0) is 11.3 Å². The molecule has 0 aliphatic rings. The van der Waals surface area contributed by atoms with E-state index < -0.39 is 6.04 Å². The lowest BCUT2D eigenvalue weighted by Gasteiger charge is -2.04. The van der Waals surface area contributed by atoms with Crippen molar-refractivity contribution in [1.82, 2.24) is 10.5 Å². The summed E-state index contributed by atoms with van der Waals surface area (Å²) < 4.78 is 4.57. The predicted molar refractivity (Wildman–Crippen MR) is 42.0 cm³/mol. The summed E-state index contributed by atoms with van der Waals surface area (Å²) in [5.41, 5.74) is 6.00. The molecule has 0 unspecified atom stereocenters. The molecule has 1 amide bonds. The van der Waals surface area contributed by atoms with E-state index in [1.54, 1.807) is 13.0 Å². The molecule has 5 heteroatoms. The molecule has 12 heavy (non-hydrogen) atoms. The largest absolute Gasteiger partial charge is 0.364 e. The van der Waals surface area contributed by atoms with E-state index in [1.807, 2.05) is 0 Å². The van der Waals surface area contributed by atoms with E-state index in [4.69, 9.17) is 5.73 Å². The summed E-state index contributed by atoms with van der Waals surface area (Å²) in [6, 6.07) is 1.19. The van der Waals surface area contributed by atoms with Gasteiger partial charge in [0.25, 0.3) is 0 Å². The van der Waals surface area contributed by atoms with E-state index >= 15 is 0 Å². The summed E-state index contributed by atoms with van der Waals surface area (Å²) >= 11 is 0. The van der Waals surface area contributed by atoms with Crippen LogP contribution in [0.1, 0.15) is 12.6 Å². The number of amides is 1. The molecule has 5 nitrogen and oxygen atoms in total. The Labute approximate surface area is 69.9 Å². The average molecular weight is 169 g/mol. The number of carbonyl (C=O) groups is 1. The molecule has 66 valence electrons. The molecule has 0 aliphatic carbocycles. The average Bonchev–Trinajstić information content (AvgIpc) is 2.51. The van der Waals surface area contributed by atoms with Crippen LogP contribution in [0, 0.1) is 0 Å². The number of nitrogens with two attached hydrogens (primary N) is 1. The normalized spacial score (nSPS) is 12.5. The lowest BCUT2D eigenvalue weighted by molar-refractivity contribution is -0.122. The second-order valence-electron chi connectivity index (χ2n) is 2.50. The summed E-state index contributed by atoms with van der Waals surface area (Å²) in [5, 5.41) is 6.22. The van der Waals surface area contributed by atoms with Gasteiger partial charge in [-0.15, -0.1) is 0 Å². The maximum Gasteiger partial charge on any atom is 0.236 e. The van der Waals surface area contributed by atoms with Crippen molar-refractivity contribution >= 4 is 5.91 Å². The van der Waals surface area contributed by atoms with E-state index in [0.717, 1.165) is 0 Å². The lowest BCUT2D eigenvalue weighted by Crippen LogP contribution is -2.37. The Bertz CT molecular complexity index is 243. The van der Waals surface area contributed by atoms with Crippen LogP contribution in [-0.4, -0.2) is 17.1 Å². The predicted octanol–water partition coefficient (Wildman–Crippen LogP) is -0.362. The van der Waals surface area contributed by atoms with Crippen LogP contribution >= 0.6 is 0 Å². The lowest BCUT2D eigenvalue weighted by atomic mass is 10.3. The number of nitrogens with one attached hydrogen (secondary N) is 1. The van der Waals surface area contributed by atoms with Crippen molar-refractivity contribution in [2.24, 2.45) is 5.73 Å². The van der Waals surface area contributed by atoms with E-state index in [1.165, 1.54) is 6.26 Å². The highest BCUT2D eigenvalue weighted by Gasteiger charge is 2.06. The standard InChI is InChI=1S/C7H11N3O2/c1-5(8)7(11)9-4-6-2-3-12-10-6/h2-3,5H,4,8H2,1H3,(H,9,11)/t5-/m0/s1. The number of carbonyl (C=O) groups excluding carboxylic acids is 1. The van der Waals surface area contributed by atoms with E-state index in [9.17, 15) is 4.79 Å². The monoisotopic (exact) mass is 169 g/mol. The summed E-state index contributed by atoms with van der Waals surface area (Å²) in [5.74, 6) is -0.196. The van der Waals surface area contributed by atoms with Crippen molar-refractivity contribution in [1.29, 1.82) is 0 Å². The first-order valence-corrected chi connectivity index (χ1v) is 3.62. The number of nitrogens with zero attached hydrogens (tertiary/aromatic N) is 1. The van der Waals surface area contributed by atoms with Crippen LogP contribution in [0.2, 0.25) is 0 Å². The molecule has 1 aromatic heterocycles. The second kappa shape index (κ2) is 3.87. The Kier molecular flexibility index (Phi) is 2.82. The van der Waals surface area contributed by atoms with Gasteiger partial charge >= 0.3 is 0 Å². The summed E-state index contributed by atoms with van der Waals surface area (Å²) in [6.45, 7) is 1.98. The zero-order chi connectivity index (χ0) is 8.97. The maximum atomic E-state index is 10.9. The molecule has 0 saturated carbocycles. The van der Waals surface area contributed by atoms with Crippen LogP contribution in [0.3, 0.4) is 0 Å². The van der Waals surface area contributed by atoms with E-state index in [0.29, 0.717) is 12.2 Å². The van der Waals surface area contributed by atoms with Gasteiger partial charge in [-0.1, -0.05) is 5.16 Å². The van der Waals surface area contributed by atoms with E-state index in [2.05, 4.69) is 15.0 Å². The van der Waals surface area contributed by atoms with Gasteiger partial charge in [-0.25, -0.2) is 0 Å². The third-order valence-corrected chi connectivity index (χ3v) is 1.35. The smallest absolute Gasteiger partial charge is 0.236 e. The molecule has 0 bridgehead atoms. The molecule has 1 rings (SSSR count). The molecule has 1 aromatic rings.